The third-order valence-corrected chi connectivity index (χ3v) is 5.67. The Kier molecular flexibility index (Phi) is 7.73. The van der Waals surface area contributed by atoms with Gasteiger partial charge in [-0.05, 0) is 36.1 Å². The summed E-state index contributed by atoms with van der Waals surface area (Å²) >= 11 is 1.20. The van der Waals surface area contributed by atoms with E-state index in [4.69, 9.17) is 10.2 Å². The lowest BCUT2D eigenvalue weighted by Gasteiger charge is -2.08. The second-order valence-electron chi connectivity index (χ2n) is 6.92. The molecule has 0 saturated heterocycles. The molecule has 2 aromatic carbocycles. The fourth-order valence-corrected chi connectivity index (χ4v) is 3.89. The molecule has 0 aliphatic carbocycles. The Morgan fingerprint density at radius 2 is 1.94 bits per heavy atom. The van der Waals surface area contributed by atoms with Gasteiger partial charge in [0.15, 0.2) is 0 Å². The molecule has 0 aliphatic heterocycles. The van der Waals surface area contributed by atoms with Crippen LogP contribution in [-0.2, 0) is 17.6 Å². The third-order valence-electron chi connectivity index (χ3n) is 4.85. The molecule has 0 saturated carbocycles. The quantitative estimate of drug-likeness (QED) is 0.336. The van der Waals surface area contributed by atoms with Gasteiger partial charge >= 0.3 is 0 Å². The highest BCUT2D eigenvalue weighted by molar-refractivity contribution is 7.99. The zero-order valence-electron chi connectivity index (χ0n) is 17.0. The lowest BCUT2D eigenvalue weighted by atomic mass is 10.1. The van der Waals surface area contributed by atoms with E-state index in [2.05, 4.69) is 33.5 Å². The van der Waals surface area contributed by atoms with Gasteiger partial charge in [-0.3, -0.25) is 4.79 Å². The molecule has 31 heavy (non-hydrogen) atoms. The van der Waals surface area contributed by atoms with Crippen LogP contribution in [0.15, 0.2) is 64.4 Å². The molecule has 4 N–H and O–H groups in total. The molecule has 4 aromatic rings. The lowest BCUT2D eigenvalue weighted by molar-refractivity contribution is -0.113. The highest BCUT2D eigenvalue weighted by Crippen LogP contribution is 2.25. The normalized spacial score (nSPS) is 11.8. The molecule has 4 rings (SSSR count). The van der Waals surface area contributed by atoms with Crippen molar-refractivity contribution in [3.05, 3.63) is 71.7 Å². The molecule has 1 atom stereocenters. The summed E-state index contributed by atoms with van der Waals surface area (Å²) in [7, 11) is 0. The Morgan fingerprint density at radius 1 is 1.16 bits per heavy atom. The number of carbonyl (C=O) groups is 1. The van der Waals surface area contributed by atoms with Crippen LogP contribution in [0.2, 0.25) is 0 Å². The number of H-pyrrole nitrogens is 1. The predicted octanol–water partition coefficient (Wildman–Crippen LogP) is 4.51. The van der Waals surface area contributed by atoms with E-state index in [-0.39, 0.29) is 24.1 Å². The smallest absolute Gasteiger partial charge is 0.277 e. The molecule has 9 heteroatoms. The van der Waals surface area contributed by atoms with Gasteiger partial charge in [0.2, 0.25) is 11.8 Å². The summed E-state index contributed by atoms with van der Waals surface area (Å²) in [5, 5.41) is 12.5. The first-order valence-electron chi connectivity index (χ1n) is 9.78. The molecule has 7 nitrogen and oxygen atoms in total. The molecule has 162 valence electrons. The van der Waals surface area contributed by atoms with Crippen molar-refractivity contribution >= 4 is 46.7 Å². The number of fused-ring (bicyclic) bond motifs is 1. The number of nitrogens with zero attached hydrogens (tertiary/aromatic N) is 2. The zero-order valence-corrected chi connectivity index (χ0v) is 18.6. The maximum absolute atomic E-state index is 12.3. The Bertz CT molecular complexity index is 1160. The first-order valence-corrected chi connectivity index (χ1v) is 10.8. The number of carbonyl (C=O) groups excluding carboxylic acids is 1. The van der Waals surface area contributed by atoms with E-state index in [9.17, 15) is 4.79 Å². The van der Waals surface area contributed by atoms with Gasteiger partial charge in [0.05, 0.1) is 11.8 Å². The summed E-state index contributed by atoms with van der Waals surface area (Å²) in [6.07, 6.45) is 3.38. The van der Waals surface area contributed by atoms with Crippen LogP contribution in [0.1, 0.15) is 30.0 Å². The predicted molar refractivity (Wildman–Crippen MR) is 126 cm³/mol. The minimum atomic E-state index is -0.420. The first kappa shape index (κ1) is 22.9. The van der Waals surface area contributed by atoms with Gasteiger partial charge in [0, 0.05) is 22.8 Å². The van der Waals surface area contributed by atoms with E-state index in [0.717, 1.165) is 34.1 Å². The van der Waals surface area contributed by atoms with Gasteiger partial charge in [-0.25, -0.2) is 0 Å². The standard InChI is InChI=1S/C22H23N5O2S.ClH/c1-2-14-7-3-5-9-18(14)25-20(28)13-30-22-27-26-21(29-22)17(23)11-15-12-24-19-10-6-4-8-16(15)19;/h3-10,12,17,24H,2,11,13,23H2,1H3,(H,25,28);1H/t17-;/m1./s1. The van der Waals surface area contributed by atoms with Crippen LogP contribution in [0.3, 0.4) is 0 Å². The summed E-state index contributed by atoms with van der Waals surface area (Å²) < 4.78 is 5.68. The van der Waals surface area contributed by atoms with Crippen LogP contribution < -0.4 is 11.1 Å². The summed E-state index contributed by atoms with van der Waals surface area (Å²) in [6.45, 7) is 2.05. The van der Waals surface area contributed by atoms with Gasteiger partial charge in [-0.15, -0.1) is 22.6 Å². The van der Waals surface area contributed by atoms with Crippen molar-refractivity contribution in [3.63, 3.8) is 0 Å². The lowest BCUT2D eigenvalue weighted by Crippen LogP contribution is -2.15. The Balaban J connectivity index is 0.00000272. The first-order chi connectivity index (χ1) is 14.6. The second-order valence-corrected chi connectivity index (χ2v) is 7.85. The highest BCUT2D eigenvalue weighted by Gasteiger charge is 2.18. The average molecular weight is 458 g/mol. The molecule has 0 aliphatic rings. The maximum atomic E-state index is 12.3. The number of aryl methyl sites for hydroxylation is 1. The van der Waals surface area contributed by atoms with E-state index in [1.807, 2.05) is 48.7 Å². The number of hydrogen-bond donors (Lipinski definition) is 3. The molecule has 0 fully saturated rings. The van der Waals surface area contributed by atoms with Gasteiger partial charge in [0.25, 0.3) is 5.22 Å². The van der Waals surface area contributed by atoms with Gasteiger partial charge in [-0.2, -0.15) is 0 Å². The van der Waals surface area contributed by atoms with Crippen LogP contribution in [0.5, 0.6) is 0 Å². The largest absolute Gasteiger partial charge is 0.414 e. The third kappa shape index (κ3) is 5.46. The fourth-order valence-electron chi connectivity index (χ4n) is 3.32. The molecule has 0 radical (unpaired) electrons. The number of nitrogens with one attached hydrogen (secondary N) is 2. The summed E-state index contributed by atoms with van der Waals surface area (Å²) in [5.41, 5.74) is 10.4. The van der Waals surface area contributed by atoms with Crippen LogP contribution in [0, 0.1) is 0 Å². The van der Waals surface area contributed by atoms with Crippen molar-refractivity contribution in [1.82, 2.24) is 15.2 Å². The Hall–Kier alpha value is -2.81. The molecule has 2 heterocycles. The number of amides is 1. The van der Waals surface area contributed by atoms with Gasteiger partial charge < -0.3 is 20.5 Å². The summed E-state index contributed by atoms with van der Waals surface area (Å²) in [4.78, 5) is 15.5. The van der Waals surface area contributed by atoms with Crippen molar-refractivity contribution in [2.75, 3.05) is 11.1 Å². The number of anilines is 1. The number of hydrogen-bond acceptors (Lipinski definition) is 6. The van der Waals surface area contributed by atoms with Crippen molar-refractivity contribution < 1.29 is 9.21 Å². The molecule has 1 amide bonds. The SMILES string of the molecule is CCc1ccccc1NC(=O)CSc1nnc([C@H](N)Cc2c[nH]c3ccccc23)o1.Cl. The van der Waals surface area contributed by atoms with Crippen LogP contribution in [-0.4, -0.2) is 26.8 Å². The van der Waals surface area contributed by atoms with Crippen molar-refractivity contribution in [1.29, 1.82) is 0 Å². The summed E-state index contributed by atoms with van der Waals surface area (Å²) in [6, 6.07) is 15.4. The highest BCUT2D eigenvalue weighted by atomic mass is 35.5. The zero-order chi connectivity index (χ0) is 20.9. The van der Waals surface area contributed by atoms with Crippen LogP contribution in [0.25, 0.3) is 10.9 Å². The number of aromatic nitrogens is 3. The number of halogens is 1. The fraction of sp³-hybridized carbons (Fsp3) is 0.227. The molecule has 0 bridgehead atoms. The monoisotopic (exact) mass is 457 g/mol. The topological polar surface area (TPSA) is 110 Å². The molecule has 0 unspecified atom stereocenters. The second kappa shape index (κ2) is 10.5. The Morgan fingerprint density at radius 3 is 2.77 bits per heavy atom. The minimum absolute atomic E-state index is 0. The number of thioether (sulfide) groups is 1. The number of aromatic amines is 1. The number of nitrogens with two attached hydrogens (primary N) is 1. The van der Waals surface area contributed by atoms with Crippen molar-refractivity contribution in [2.45, 2.75) is 31.0 Å². The molecular formula is C22H24ClN5O2S. The van der Waals surface area contributed by atoms with E-state index < -0.39 is 6.04 Å². The molecular weight excluding hydrogens is 434 g/mol. The van der Waals surface area contributed by atoms with Crippen molar-refractivity contribution in [2.24, 2.45) is 5.73 Å². The van der Waals surface area contributed by atoms with Gasteiger partial charge in [0.1, 0.15) is 0 Å². The average Bonchev–Trinajstić information content (AvgIpc) is 3.40. The Labute approximate surface area is 190 Å². The molecule has 0 spiro atoms. The van der Waals surface area contributed by atoms with E-state index in [1.54, 1.807) is 0 Å². The van der Waals surface area contributed by atoms with Crippen molar-refractivity contribution in [3.8, 4) is 0 Å². The number of rotatable bonds is 8. The summed E-state index contributed by atoms with van der Waals surface area (Å²) in [5.74, 6) is 0.417. The van der Waals surface area contributed by atoms with E-state index in [1.165, 1.54) is 11.8 Å². The maximum Gasteiger partial charge on any atom is 0.277 e. The van der Waals surface area contributed by atoms with Crippen LogP contribution in [0.4, 0.5) is 5.69 Å². The van der Waals surface area contributed by atoms with Gasteiger partial charge in [-0.1, -0.05) is 55.1 Å². The van der Waals surface area contributed by atoms with E-state index in [0.29, 0.717) is 17.5 Å². The van der Waals surface area contributed by atoms with E-state index >= 15 is 0 Å². The minimum Gasteiger partial charge on any atom is -0.414 e. The van der Waals surface area contributed by atoms with Crippen LogP contribution >= 0.6 is 24.2 Å². The number of benzene rings is 2. The number of para-hydroxylation sites is 2. The molecule has 2 aromatic heterocycles.